The molecule has 0 spiro atoms. The van der Waals surface area contributed by atoms with Gasteiger partial charge in [-0.25, -0.2) is 0 Å². The molecule has 5 heteroatoms. The number of H-pyrrole nitrogens is 1. The summed E-state index contributed by atoms with van der Waals surface area (Å²) >= 11 is 6.03. The Morgan fingerprint density at radius 3 is 2.72 bits per heavy atom. The third-order valence-electron chi connectivity index (χ3n) is 2.75. The Morgan fingerprint density at radius 2 is 2.11 bits per heavy atom. The number of rotatable bonds is 3. The fraction of sp³-hybridized carbons (Fsp3) is 0.231. The normalized spacial score (nSPS) is 10.4. The van der Waals surface area contributed by atoms with E-state index in [-0.39, 0.29) is 5.91 Å². The van der Waals surface area contributed by atoms with Gasteiger partial charge in [-0.3, -0.25) is 9.89 Å². The van der Waals surface area contributed by atoms with Crippen molar-refractivity contribution in [2.24, 2.45) is 0 Å². The average Bonchev–Trinajstić information content (AvgIpc) is 2.68. The minimum absolute atomic E-state index is 0.140. The van der Waals surface area contributed by atoms with Crippen LogP contribution in [0.15, 0.2) is 24.3 Å². The minimum Gasteiger partial charge on any atom is -0.348 e. The Bertz CT molecular complexity index is 558. The largest absolute Gasteiger partial charge is 0.348 e. The zero-order valence-electron chi connectivity index (χ0n) is 10.2. The van der Waals surface area contributed by atoms with E-state index in [1.54, 1.807) is 13.0 Å². The second-order valence-corrected chi connectivity index (χ2v) is 4.49. The van der Waals surface area contributed by atoms with Crippen LogP contribution in [0.2, 0.25) is 5.02 Å². The number of aromatic nitrogens is 2. The molecule has 0 unspecified atom stereocenters. The van der Waals surface area contributed by atoms with Gasteiger partial charge >= 0.3 is 0 Å². The van der Waals surface area contributed by atoms with E-state index >= 15 is 0 Å². The highest BCUT2D eigenvalue weighted by Crippen LogP contribution is 2.15. The SMILES string of the molecule is Cc1n[nH]c(C)c1C(=O)NCc1ccccc1Cl. The van der Waals surface area contributed by atoms with Gasteiger partial charge < -0.3 is 5.32 Å². The van der Waals surface area contributed by atoms with Gasteiger partial charge in [0.05, 0.1) is 11.3 Å². The van der Waals surface area contributed by atoms with E-state index in [0.717, 1.165) is 11.3 Å². The number of aryl methyl sites for hydroxylation is 2. The van der Waals surface area contributed by atoms with Gasteiger partial charge in [0, 0.05) is 17.3 Å². The van der Waals surface area contributed by atoms with Crippen LogP contribution in [-0.2, 0) is 6.54 Å². The quantitative estimate of drug-likeness (QED) is 0.894. The number of halogens is 1. The van der Waals surface area contributed by atoms with Gasteiger partial charge in [-0.15, -0.1) is 0 Å². The zero-order valence-corrected chi connectivity index (χ0v) is 11.0. The summed E-state index contributed by atoms with van der Waals surface area (Å²) < 4.78 is 0. The number of nitrogens with zero attached hydrogens (tertiary/aromatic N) is 1. The maximum Gasteiger partial charge on any atom is 0.255 e. The zero-order chi connectivity index (χ0) is 13.1. The molecule has 4 nitrogen and oxygen atoms in total. The number of benzene rings is 1. The third-order valence-corrected chi connectivity index (χ3v) is 3.12. The fourth-order valence-electron chi connectivity index (χ4n) is 1.79. The first-order valence-electron chi connectivity index (χ1n) is 5.62. The second kappa shape index (κ2) is 5.23. The van der Waals surface area contributed by atoms with E-state index in [4.69, 9.17) is 11.6 Å². The highest BCUT2D eigenvalue weighted by molar-refractivity contribution is 6.31. The molecule has 2 aromatic rings. The lowest BCUT2D eigenvalue weighted by Crippen LogP contribution is -2.24. The molecule has 0 fully saturated rings. The molecule has 2 N–H and O–H groups in total. The molecule has 1 heterocycles. The molecule has 94 valence electrons. The Labute approximate surface area is 110 Å². The molecule has 0 saturated carbocycles. The number of aromatic amines is 1. The molecule has 1 aromatic carbocycles. The van der Waals surface area contributed by atoms with E-state index in [9.17, 15) is 4.79 Å². The highest BCUT2D eigenvalue weighted by Gasteiger charge is 2.14. The van der Waals surface area contributed by atoms with Gasteiger partial charge in [0.2, 0.25) is 0 Å². The molecule has 18 heavy (non-hydrogen) atoms. The van der Waals surface area contributed by atoms with Gasteiger partial charge in [0.15, 0.2) is 0 Å². The predicted molar refractivity (Wildman–Crippen MR) is 70.7 cm³/mol. The topological polar surface area (TPSA) is 57.8 Å². The Morgan fingerprint density at radius 1 is 1.39 bits per heavy atom. The van der Waals surface area contributed by atoms with Crippen molar-refractivity contribution in [3.05, 3.63) is 51.8 Å². The minimum atomic E-state index is -0.140. The summed E-state index contributed by atoms with van der Waals surface area (Å²) in [5, 5.41) is 10.3. The summed E-state index contributed by atoms with van der Waals surface area (Å²) in [6.07, 6.45) is 0. The third kappa shape index (κ3) is 2.54. The van der Waals surface area contributed by atoms with Crippen LogP contribution in [0, 0.1) is 13.8 Å². The average molecular weight is 264 g/mol. The summed E-state index contributed by atoms with van der Waals surface area (Å²) in [7, 11) is 0. The summed E-state index contributed by atoms with van der Waals surface area (Å²) in [5.41, 5.74) is 2.96. The molecule has 1 aromatic heterocycles. The van der Waals surface area contributed by atoms with Crippen LogP contribution in [-0.4, -0.2) is 16.1 Å². The van der Waals surface area contributed by atoms with Crippen LogP contribution >= 0.6 is 11.6 Å². The molecule has 0 atom stereocenters. The van der Waals surface area contributed by atoms with Crippen molar-refractivity contribution in [1.82, 2.24) is 15.5 Å². The molecular weight excluding hydrogens is 250 g/mol. The fourth-order valence-corrected chi connectivity index (χ4v) is 1.99. The lowest BCUT2D eigenvalue weighted by atomic mass is 10.1. The van der Waals surface area contributed by atoms with Crippen molar-refractivity contribution in [1.29, 1.82) is 0 Å². The first-order chi connectivity index (χ1) is 8.59. The number of hydrogen-bond acceptors (Lipinski definition) is 2. The van der Waals surface area contributed by atoms with Crippen LogP contribution in [0.4, 0.5) is 0 Å². The van der Waals surface area contributed by atoms with Gasteiger partial charge in [0.25, 0.3) is 5.91 Å². The number of nitrogens with one attached hydrogen (secondary N) is 2. The van der Waals surface area contributed by atoms with E-state index in [1.165, 1.54) is 0 Å². The van der Waals surface area contributed by atoms with E-state index in [2.05, 4.69) is 15.5 Å². The Balaban J connectivity index is 2.08. The summed E-state index contributed by atoms with van der Waals surface area (Å²) in [4.78, 5) is 12.0. The maximum absolute atomic E-state index is 12.0. The van der Waals surface area contributed by atoms with Crippen LogP contribution < -0.4 is 5.32 Å². The van der Waals surface area contributed by atoms with Gasteiger partial charge in [0.1, 0.15) is 0 Å². The van der Waals surface area contributed by atoms with Crippen LogP contribution in [0.1, 0.15) is 27.3 Å². The monoisotopic (exact) mass is 263 g/mol. The highest BCUT2D eigenvalue weighted by atomic mass is 35.5. The molecule has 0 aliphatic carbocycles. The summed E-state index contributed by atoms with van der Waals surface area (Å²) in [6, 6.07) is 7.44. The Hall–Kier alpha value is -1.81. The molecule has 0 radical (unpaired) electrons. The first-order valence-corrected chi connectivity index (χ1v) is 6.00. The van der Waals surface area contributed by atoms with E-state index in [1.807, 2.05) is 25.1 Å². The lowest BCUT2D eigenvalue weighted by molar-refractivity contribution is 0.0950. The lowest BCUT2D eigenvalue weighted by Gasteiger charge is -2.06. The molecule has 0 bridgehead atoms. The molecule has 0 aliphatic heterocycles. The van der Waals surface area contributed by atoms with Crippen molar-refractivity contribution in [3.8, 4) is 0 Å². The molecule has 2 rings (SSSR count). The van der Waals surface area contributed by atoms with Crippen molar-refractivity contribution < 1.29 is 4.79 Å². The summed E-state index contributed by atoms with van der Waals surface area (Å²) in [6.45, 7) is 4.03. The van der Waals surface area contributed by atoms with Crippen LogP contribution in [0.5, 0.6) is 0 Å². The van der Waals surface area contributed by atoms with Gasteiger partial charge in [-0.05, 0) is 25.5 Å². The number of amides is 1. The second-order valence-electron chi connectivity index (χ2n) is 4.08. The number of carbonyl (C=O) groups is 1. The van der Waals surface area contributed by atoms with Crippen molar-refractivity contribution in [3.63, 3.8) is 0 Å². The number of carbonyl (C=O) groups excluding carboxylic acids is 1. The van der Waals surface area contributed by atoms with Crippen molar-refractivity contribution in [2.45, 2.75) is 20.4 Å². The number of hydrogen-bond donors (Lipinski definition) is 2. The molecular formula is C13H14ClN3O. The smallest absolute Gasteiger partial charge is 0.255 e. The first kappa shape index (κ1) is 12.6. The van der Waals surface area contributed by atoms with E-state index in [0.29, 0.717) is 22.8 Å². The molecule has 0 saturated heterocycles. The summed E-state index contributed by atoms with van der Waals surface area (Å²) in [5.74, 6) is -0.140. The standard InChI is InChI=1S/C13H14ClN3O/c1-8-12(9(2)17-16-8)13(18)15-7-10-5-3-4-6-11(10)14/h3-6H,7H2,1-2H3,(H,15,18)(H,16,17). The molecule has 0 aliphatic rings. The van der Waals surface area contributed by atoms with Crippen LogP contribution in [0.3, 0.4) is 0 Å². The van der Waals surface area contributed by atoms with Gasteiger partial charge in [-0.2, -0.15) is 5.10 Å². The predicted octanol–water partition coefficient (Wildman–Crippen LogP) is 2.61. The van der Waals surface area contributed by atoms with Crippen molar-refractivity contribution >= 4 is 17.5 Å². The maximum atomic E-state index is 12.0. The molecule has 1 amide bonds. The van der Waals surface area contributed by atoms with Crippen molar-refractivity contribution in [2.75, 3.05) is 0 Å². The Kier molecular flexibility index (Phi) is 3.67. The van der Waals surface area contributed by atoms with Gasteiger partial charge in [-0.1, -0.05) is 29.8 Å². The van der Waals surface area contributed by atoms with E-state index < -0.39 is 0 Å². The van der Waals surface area contributed by atoms with Crippen LogP contribution in [0.25, 0.3) is 0 Å².